The summed E-state index contributed by atoms with van der Waals surface area (Å²) in [5.74, 6) is -0.684. The molecule has 1 N–H and O–H groups in total. The van der Waals surface area contributed by atoms with Crippen LogP contribution in [0.1, 0.15) is 16.1 Å². The van der Waals surface area contributed by atoms with E-state index in [1.165, 1.54) is 18.2 Å². The molecule has 0 unspecified atom stereocenters. The van der Waals surface area contributed by atoms with Crippen molar-refractivity contribution in [2.45, 2.75) is 6.92 Å². The number of carbonyl (C=O) groups is 1. The van der Waals surface area contributed by atoms with E-state index >= 15 is 0 Å². The van der Waals surface area contributed by atoms with Crippen molar-refractivity contribution >= 4 is 17.5 Å². The first-order valence-electron chi connectivity index (χ1n) is 7.12. The molecule has 1 aromatic carbocycles. The number of ether oxygens (including phenoxy) is 1. The molecule has 0 bridgehead atoms. The van der Waals surface area contributed by atoms with E-state index in [2.05, 4.69) is 10.6 Å². The maximum absolute atomic E-state index is 14.1. The van der Waals surface area contributed by atoms with Gasteiger partial charge in [0.15, 0.2) is 0 Å². The normalized spacial score (nSPS) is 15.6. The SMILES string of the molecule is Cc1onc(-c2c(F)cccc2Cl)c1C(=O)NN1CCOCC1. The second-order valence-electron chi connectivity index (χ2n) is 5.10. The van der Waals surface area contributed by atoms with Crippen LogP contribution in [0.3, 0.4) is 0 Å². The maximum Gasteiger partial charge on any atom is 0.271 e. The van der Waals surface area contributed by atoms with E-state index < -0.39 is 11.7 Å². The summed E-state index contributed by atoms with van der Waals surface area (Å²) < 4.78 is 24.4. The van der Waals surface area contributed by atoms with Gasteiger partial charge in [-0.25, -0.2) is 9.40 Å². The van der Waals surface area contributed by atoms with E-state index in [1.54, 1.807) is 11.9 Å². The van der Waals surface area contributed by atoms with Gasteiger partial charge in [-0.3, -0.25) is 10.2 Å². The van der Waals surface area contributed by atoms with Gasteiger partial charge < -0.3 is 9.26 Å². The number of benzene rings is 1. The van der Waals surface area contributed by atoms with Crippen LogP contribution in [0, 0.1) is 12.7 Å². The zero-order chi connectivity index (χ0) is 16.4. The van der Waals surface area contributed by atoms with Crippen LogP contribution in [0.15, 0.2) is 22.7 Å². The van der Waals surface area contributed by atoms with Gasteiger partial charge in [-0.2, -0.15) is 0 Å². The minimum Gasteiger partial charge on any atom is -0.379 e. The quantitative estimate of drug-likeness (QED) is 0.930. The number of aryl methyl sites for hydroxylation is 1. The number of hydrogen-bond donors (Lipinski definition) is 1. The maximum atomic E-state index is 14.1. The largest absolute Gasteiger partial charge is 0.379 e. The van der Waals surface area contributed by atoms with Crippen molar-refractivity contribution in [2.75, 3.05) is 26.3 Å². The number of hydrazine groups is 1. The summed E-state index contributed by atoms with van der Waals surface area (Å²) >= 11 is 6.06. The molecule has 0 spiro atoms. The van der Waals surface area contributed by atoms with Gasteiger partial charge in [0.1, 0.15) is 22.8 Å². The van der Waals surface area contributed by atoms with Gasteiger partial charge in [0.25, 0.3) is 5.91 Å². The van der Waals surface area contributed by atoms with Crippen molar-refractivity contribution in [3.05, 3.63) is 40.4 Å². The Morgan fingerprint density at radius 3 is 2.83 bits per heavy atom. The number of aromatic nitrogens is 1. The summed E-state index contributed by atoms with van der Waals surface area (Å²) in [5.41, 5.74) is 3.08. The monoisotopic (exact) mass is 339 g/mol. The summed E-state index contributed by atoms with van der Waals surface area (Å²) in [6, 6.07) is 4.28. The Morgan fingerprint density at radius 2 is 2.13 bits per heavy atom. The molecule has 0 radical (unpaired) electrons. The fourth-order valence-corrected chi connectivity index (χ4v) is 2.66. The van der Waals surface area contributed by atoms with Crippen molar-refractivity contribution in [2.24, 2.45) is 0 Å². The van der Waals surface area contributed by atoms with Gasteiger partial charge in [0.2, 0.25) is 0 Å². The summed E-state index contributed by atoms with van der Waals surface area (Å²) in [4.78, 5) is 12.6. The number of halogens is 2. The van der Waals surface area contributed by atoms with E-state index in [1.807, 2.05) is 0 Å². The second-order valence-corrected chi connectivity index (χ2v) is 5.51. The highest BCUT2D eigenvalue weighted by Crippen LogP contribution is 2.33. The van der Waals surface area contributed by atoms with Gasteiger partial charge >= 0.3 is 0 Å². The Morgan fingerprint density at radius 1 is 1.39 bits per heavy atom. The van der Waals surface area contributed by atoms with E-state index in [4.69, 9.17) is 20.9 Å². The van der Waals surface area contributed by atoms with Gasteiger partial charge in [-0.15, -0.1) is 0 Å². The first kappa shape index (κ1) is 15.9. The van der Waals surface area contributed by atoms with E-state index in [-0.39, 0.29) is 21.8 Å². The molecule has 1 amide bonds. The minimum absolute atomic E-state index is 0.0538. The Balaban J connectivity index is 1.94. The van der Waals surface area contributed by atoms with Crippen LogP contribution in [-0.4, -0.2) is 42.4 Å². The summed E-state index contributed by atoms with van der Waals surface area (Å²) in [7, 11) is 0. The molecule has 2 aromatic rings. The molecule has 1 saturated heterocycles. The first-order chi connectivity index (χ1) is 11.1. The van der Waals surface area contributed by atoms with E-state index in [9.17, 15) is 9.18 Å². The summed E-state index contributed by atoms with van der Waals surface area (Å²) in [6.07, 6.45) is 0. The molecule has 0 saturated carbocycles. The molecule has 1 aromatic heterocycles. The molecule has 0 aliphatic carbocycles. The van der Waals surface area contributed by atoms with Crippen molar-refractivity contribution < 1.29 is 18.4 Å². The lowest BCUT2D eigenvalue weighted by Crippen LogP contribution is -2.48. The van der Waals surface area contributed by atoms with Crippen molar-refractivity contribution in [1.29, 1.82) is 0 Å². The lowest BCUT2D eigenvalue weighted by atomic mass is 10.1. The molecular formula is C15H15ClFN3O3. The van der Waals surface area contributed by atoms with Crippen LogP contribution in [0.5, 0.6) is 0 Å². The van der Waals surface area contributed by atoms with Crippen LogP contribution in [0.25, 0.3) is 11.3 Å². The molecule has 1 aliphatic heterocycles. The Bertz CT molecular complexity index is 709. The molecule has 1 aliphatic rings. The Labute approximate surface area is 137 Å². The number of rotatable bonds is 3. The number of nitrogens with one attached hydrogen (secondary N) is 1. The zero-order valence-corrected chi connectivity index (χ0v) is 13.2. The predicted octanol–water partition coefficient (Wildman–Crippen LogP) is 2.42. The lowest BCUT2D eigenvalue weighted by Gasteiger charge is -2.26. The van der Waals surface area contributed by atoms with Crippen LogP contribution >= 0.6 is 11.6 Å². The number of morpholine rings is 1. The highest BCUT2D eigenvalue weighted by Gasteiger charge is 2.26. The van der Waals surface area contributed by atoms with E-state index in [0.29, 0.717) is 32.1 Å². The molecule has 122 valence electrons. The van der Waals surface area contributed by atoms with Crippen LogP contribution in [0.2, 0.25) is 5.02 Å². The van der Waals surface area contributed by atoms with Crippen molar-refractivity contribution in [3.63, 3.8) is 0 Å². The average Bonchev–Trinajstić information content (AvgIpc) is 2.90. The lowest BCUT2D eigenvalue weighted by molar-refractivity contribution is 0.0126. The molecule has 1 fully saturated rings. The topological polar surface area (TPSA) is 67.6 Å². The standard InChI is InChI=1S/C15H15ClFN3O3/c1-9-12(15(21)18-20-5-7-22-8-6-20)14(19-23-9)13-10(16)3-2-4-11(13)17/h2-4H,5-8H2,1H3,(H,18,21). The van der Waals surface area contributed by atoms with Gasteiger partial charge in [0.05, 0.1) is 23.8 Å². The van der Waals surface area contributed by atoms with Crippen LogP contribution in [-0.2, 0) is 4.74 Å². The fourth-order valence-electron chi connectivity index (χ4n) is 2.41. The molecule has 23 heavy (non-hydrogen) atoms. The van der Waals surface area contributed by atoms with Gasteiger partial charge in [0, 0.05) is 13.1 Å². The van der Waals surface area contributed by atoms with Gasteiger partial charge in [-0.05, 0) is 19.1 Å². The Hall–Kier alpha value is -1.96. The molecule has 3 rings (SSSR count). The van der Waals surface area contributed by atoms with Gasteiger partial charge in [-0.1, -0.05) is 22.8 Å². The van der Waals surface area contributed by atoms with Crippen molar-refractivity contribution in [1.82, 2.24) is 15.6 Å². The molecule has 0 atom stereocenters. The Kier molecular flexibility index (Phi) is 4.61. The molecule has 8 heteroatoms. The average molecular weight is 340 g/mol. The predicted molar refractivity (Wildman–Crippen MR) is 81.5 cm³/mol. The highest BCUT2D eigenvalue weighted by molar-refractivity contribution is 6.33. The number of hydrogen-bond acceptors (Lipinski definition) is 5. The summed E-state index contributed by atoms with van der Waals surface area (Å²) in [5, 5.41) is 5.72. The van der Waals surface area contributed by atoms with E-state index in [0.717, 1.165) is 0 Å². The molecular weight excluding hydrogens is 325 g/mol. The van der Waals surface area contributed by atoms with Crippen LogP contribution in [0.4, 0.5) is 4.39 Å². The second kappa shape index (κ2) is 6.66. The first-order valence-corrected chi connectivity index (χ1v) is 7.50. The zero-order valence-electron chi connectivity index (χ0n) is 12.4. The number of carbonyl (C=O) groups excluding carboxylic acids is 1. The molecule has 6 nitrogen and oxygen atoms in total. The minimum atomic E-state index is -0.564. The smallest absolute Gasteiger partial charge is 0.271 e. The molecule has 2 heterocycles. The number of nitrogens with zero attached hydrogens (tertiary/aromatic N) is 2. The third kappa shape index (κ3) is 3.21. The van der Waals surface area contributed by atoms with Crippen molar-refractivity contribution in [3.8, 4) is 11.3 Å². The summed E-state index contributed by atoms with van der Waals surface area (Å²) in [6.45, 7) is 3.82. The number of amides is 1. The third-order valence-corrected chi connectivity index (χ3v) is 3.88. The fraction of sp³-hybridized carbons (Fsp3) is 0.333. The van der Waals surface area contributed by atoms with Crippen LogP contribution < -0.4 is 5.43 Å². The third-order valence-electron chi connectivity index (χ3n) is 3.56. The highest BCUT2D eigenvalue weighted by atomic mass is 35.5.